The average Bonchev–Trinajstić information content (AvgIpc) is 2.23. The third kappa shape index (κ3) is 4.08. The molecule has 0 radical (unpaired) electrons. The molecular formula is C11H23N3O2. The van der Waals surface area contributed by atoms with Crippen LogP contribution in [0.3, 0.4) is 0 Å². The van der Waals surface area contributed by atoms with Crippen LogP contribution in [0.2, 0.25) is 0 Å². The van der Waals surface area contributed by atoms with Crippen molar-refractivity contribution in [2.24, 2.45) is 11.1 Å². The Morgan fingerprint density at radius 3 is 2.62 bits per heavy atom. The second kappa shape index (κ2) is 5.61. The highest BCUT2D eigenvalue weighted by molar-refractivity contribution is 5.73. The van der Waals surface area contributed by atoms with Crippen molar-refractivity contribution in [3.05, 3.63) is 0 Å². The van der Waals surface area contributed by atoms with Crippen molar-refractivity contribution in [1.82, 2.24) is 10.2 Å². The van der Waals surface area contributed by atoms with E-state index in [0.29, 0.717) is 6.54 Å². The molecule has 0 aliphatic carbocycles. The van der Waals surface area contributed by atoms with Gasteiger partial charge in [0.2, 0.25) is 0 Å². The van der Waals surface area contributed by atoms with Gasteiger partial charge in [-0.25, -0.2) is 0 Å². The summed E-state index contributed by atoms with van der Waals surface area (Å²) in [6.07, 6.45) is 2.30. The zero-order valence-electron chi connectivity index (χ0n) is 10.2. The number of likely N-dealkylation sites (tertiary alicyclic amines) is 1. The van der Waals surface area contributed by atoms with E-state index in [0.717, 1.165) is 32.5 Å². The summed E-state index contributed by atoms with van der Waals surface area (Å²) < 4.78 is 0. The van der Waals surface area contributed by atoms with Gasteiger partial charge in [-0.3, -0.25) is 4.79 Å². The first-order chi connectivity index (χ1) is 7.43. The molecule has 0 spiro atoms. The third-order valence-electron chi connectivity index (χ3n) is 3.43. The minimum atomic E-state index is -0.943. The minimum absolute atomic E-state index is 0.282. The molecule has 0 aromatic carbocycles. The van der Waals surface area contributed by atoms with Gasteiger partial charge in [0.05, 0.1) is 0 Å². The number of nitrogens with zero attached hydrogens (tertiary/aromatic N) is 1. The fourth-order valence-corrected chi connectivity index (χ4v) is 1.95. The van der Waals surface area contributed by atoms with E-state index in [1.165, 1.54) is 0 Å². The number of nitrogens with two attached hydrogens (primary N) is 1. The van der Waals surface area contributed by atoms with Gasteiger partial charge in [-0.15, -0.1) is 0 Å². The van der Waals surface area contributed by atoms with Crippen LogP contribution in [0.5, 0.6) is 0 Å². The van der Waals surface area contributed by atoms with Crippen LogP contribution in [0.25, 0.3) is 0 Å². The number of aliphatic carboxylic acids is 1. The molecule has 0 amide bonds. The zero-order valence-corrected chi connectivity index (χ0v) is 10.2. The molecule has 1 atom stereocenters. The summed E-state index contributed by atoms with van der Waals surface area (Å²) in [5, 5.41) is 11.8. The van der Waals surface area contributed by atoms with Crippen LogP contribution < -0.4 is 11.1 Å². The van der Waals surface area contributed by atoms with Gasteiger partial charge in [0.15, 0.2) is 0 Å². The molecular weight excluding hydrogens is 206 g/mol. The van der Waals surface area contributed by atoms with Gasteiger partial charge in [0.25, 0.3) is 0 Å². The Morgan fingerprint density at radius 2 is 2.12 bits per heavy atom. The number of rotatable bonds is 5. The van der Waals surface area contributed by atoms with Gasteiger partial charge in [-0.2, -0.15) is 0 Å². The van der Waals surface area contributed by atoms with Crippen molar-refractivity contribution in [3.63, 3.8) is 0 Å². The van der Waals surface area contributed by atoms with E-state index in [-0.39, 0.29) is 5.41 Å². The Balaban J connectivity index is 2.24. The molecule has 1 fully saturated rings. The molecule has 1 aliphatic rings. The van der Waals surface area contributed by atoms with E-state index in [1.807, 2.05) is 0 Å². The highest BCUT2D eigenvalue weighted by Crippen LogP contribution is 2.29. The second-order valence-electron chi connectivity index (χ2n) is 5.19. The van der Waals surface area contributed by atoms with Gasteiger partial charge in [-0.1, -0.05) is 6.92 Å². The van der Waals surface area contributed by atoms with E-state index in [4.69, 9.17) is 10.8 Å². The van der Waals surface area contributed by atoms with E-state index in [9.17, 15) is 4.79 Å². The molecule has 1 rings (SSSR count). The smallest absolute Gasteiger partial charge is 0.321 e. The molecule has 1 unspecified atom stereocenters. The van der Waals surface area contributed by atoms with Gasteiger partial charge < -0.3 is 21.1 Å². The van der Waals surface area contributed by atoms with Crippen LogP contribution in [0.1, 0.15) is 19.8 Å². The molecule has 0 bridgehead atoms. The molecule has 4 N–H and O–H groups in total. The topological polar surface area (TPSA) is 78.6 Å². The summed E-state index contributed by atoms with van der Waals surface area (Å²) in [5.74, 6) is -0.943. The zero-order chi connectivity index (χ0) is 12.2. The van der Waals surface area contributed by atoms with Crippen molar-refractivity contribution in [1.29, 1.82) is 0 Å². The van der Waals surface area contributed by atoms with Crippen LogP contribution >= 0.6 is 0 Å². The number of carboxylic acid groups (broad SMARTS) is 1. The van der Waals surface area contributed by atoms with Gasteiger partial charge >= 0.3 is 5.97 Å². The molecule has 1 aliphatic heterocycles. The summed E-state index contributed by atoms with van der Waals surface area (Å²) in [6.45, 7) is 5.67. The molecule has 1 heterocycles. The summed E-state index contributed by atoms with van der Waals surface area (Å²) in [6, 6.07) is -0.796. The second-order valence-corrected chi connectivity index (χ2v) is 5.19. The number of hydrogen-bond acceptors (Lipinski definition) is 4. The van der Waals surface area contributed by atoms with E-state index < -0.39 is 12.0 Å². The van der Waals surface area contributed by atoms with Gasteiger partial charge in [0, 0.05) is 13.1 Å². The first-order valence-corrected chi connectivity index (χ1v) is 5.81. The molecule has 0 aromatic rings. The lowest BCUT2D eigenvalue weighted by Crippen LogP contribution is -2.46. The Kier molecular flexibility index (Phi) is 4.70. The number of hydrogen-bond donors (Lipinski definition) is 3. The van der Waals surface area contributed by atoms with Crippen molar-refractivity contribution in [2.75, 3.05) is 33.2 Å². The minimum Gasteiger partial charge on any atom is -0.480 e. The summed E-state index contributed by atoms with van der Waals surface area (Å²) >= 11 is 0. The lowest BCUT2D eigenvalue weighted by molar-refractivity contribution is -0.138. The third-order valence-corrected chi connectivity index (χ3v) is 3.43. The Morgan fingerprint density at radius 1 is 1.56 bits per heavy atom. The van der Waals surface area contributed by atoms with E-state index in [2.05, 4.69) is 24.2 Å². The maximum atomic E-state index is 10.5. The lowest BCUT2D eigenvalue weighted by atomic mass is 9.80. The number of nitrogens with one attached hydrogen (secondary N) is 1. The molecule has 16 heavy (non-hydrogen) atoms. The fourth-order valence-electron chi connectivity index (χ4n) is 1.95. The molecule has 1 saturated heterocycles. The Hall–Kier alpha value is -0.650. The lowest BCUT2D eigenvalue weighted by Gasteiger charge is -2.38. The van der Waals surface area contributed by atoms with Crippen molar-refractivity contribution >= 4 is 5.97 Å². The van der Waals surface area contributed by atoms with Crippen molar-refractivity contribution in [3.8, 4) is 0 Å². The van der Waals surface area contributed by atoms with Crippen LogP contribution in [0, 0.1) is 5.41 Å². The van der Waals surface area contributed by atoms with Gasteiger partial charge in [0.1, 0.15) is 6.04 Å². The predicted octanol–water partition coefficient (Wildman–Crippen LogP) is -0.280. The SMILES string of the molecule is CN1CCC(C)(CNCC(N)C(=O)O)CC1. The largest absolute Gasteiger partial charge is 0.480 e. The van der Waals surface area contributed by atoms with Crippen molar-refractivity contribution < 1.29 is 9.90 Å². The molecule has 0 aromatic heterocycles. The Bertz CT molecular complexity index is 237. The number of carbonyl (C=O) groups is 1. The summed E-state index contributed by atoms with van der Waals surface area (Å²) in [5.41, 5.74) is 5.71. The highest BCUT2D eigenvalue weighted by atomic mass is 16.4. The molecule has 0 saturated carbocycles. The van der Waals surface area contributed by atoms with Crippen LogP contribution in [0.4, 0.5) is 0 Å². The maximum absolute atomic E-state index is 10.5. The van der Waals surface area contributed by atoms with Gasteiger partial charge in [-0.05, 0) is 38.4 Å². The highest BCUT2D eigenvalue weighted by Gasteiger charge is 2.28. The molecule has 5 nitrogen and oxygen atoms in total. The standard InChI is InChI=1S/C11H23N3O2/c1-11(3-5-14(2)6-4-11)8-13-7-9(12)10(15)16/h9,13H,3-8,12H2,1-2H3,(H,15,16). The summed E-state index contributed by atoms with van der Waals surface area (Å²) in [7, 11) is 2.13. The number of carboxylic acids is 1. The first-order valence-electron chi connectivity index (χ1n) is 5.81. The first kappa shape index (κ1) is 13.4. The monoisotopic (exact) mass is 229 g/mol. The summed E-state index contributed by atoms with van der Waals surface area (Å²) in [4.78, 5) is 12.9. The quantitative estimate of drug-likeness (QED) is 0.604. The normalized spacial score (nSPS) is 22.9. The Labute approximate surface area is 97.0 Å². The van der Waals surface area contributed by atoms with Crippen LogP contribution in [0.15, 0.2) is 0 Å². The number of piperidine rings is 1. The fraction of sp³-hybridized carbons (Fsp3) is 0.909. The van der Waals surface area contributed by atoms with Crippen molar-refractivity contribution in [2.45, 2.75) is 25.8 Å². The molecule has 94 valence electrons. The molecule has 5 heteroatoms. The van der Waals surface area contributed by atoms with Crippen LogP contribution in [-0.2, 0) is 4.79 Å². The van der Waals surface area contributed by atoms with E-state index >= 15 is 0 Å². The average molecular weight is 229 g/mol. The van der Waals surface area contributed by atoms with E-state index in [1.54, 1.807) is 0 Å². The maximum Gasteiger partial charge on any atom is 0.321 e. The van der Waals surface area contributed by atoms with Crippen LogP contribution in [-0.4, -0.2) is 55.2 Å². The predicted molar refractivity (Wildman–Crippen MR) is 63.3 cm³/mol.